The fourth-order valence-electron chi connectivity index (χ4n) is 4.46. The summed E-state index contributed by atoms with van der Waals surface area (Å²) in [4.78, 5) is 43.5. The molecule has 8 heteroatoms. The monoisotopic (exact) mass is 472 g/mol. The number of piperazine rings is 1. The summed E-state index contributed by atoms with van der Waals surface area (Å²) in [6.45, 7) is 2.13. The number of nitrogens with zero attached hydrogens (tertiary/aromatic N) is 3. The summed E-state index contributed by atoms with van der Waals surface area (Å²) in [5.74, 6) is -0.122. The standard InChI is InChI=1S/C26H24N4O3S/c27-23-24(28-12-14-29(15-13-28)25(32)22-11-6-16-34-22)19-9-4-5-10-20(19)30(26(23)33)17-21(31)18-7-2-1-3-8-18/h1-11,16H,12-15,17,27H2. The molecule has 172 valence electrons. The van der Waals surface area contributed by atoms with Crippen LogP contribution < -0.4 is 16.2 Å². The number of thiophene rings is 1. The second-order valence-electron chi connectivity index (χ2n) is 8.22. The molecule has 0 unspecified atom stereocenters. The lowest BCUT2D eigenvalue weighted by molar-refractivity contribution is 0.0751. The zero-order valence-corrected chi connectivity index (χ0v) is 19.3. The van der Waals surface area contributed by atoms with Crippen molar-refractivity contribution in [3.63, 3.8) is 0 Å². The first-order valence-electron chi connectivity index (χ1n) is 11.1. The normalized spacial score (nSPS) is 13.9. The summed E-state index contributed by atoms with van der Waals surface area (Å²) in [7, 11) is 0. The van der Waals surface area contributed by atoms with Crippen LogP contribution in [0.2, 0.25) is 0 Å². The number of hydrogen-bond acceptors (Lipinski definition) is 6. The minimum absolute atomic E-state index is 0.0299. The maximum absolute atomic E-state index is 13.3. The quantitative estimate of drug-likeness (QED) is 0.449. The number of aromatic nitrogens is 1. The van der Waals surface area contributed by atoms with Crippen molar-refractivity contribution in [3.05, 3.63) is 92.9 Å². The van der Waals surface area contributed by atoms with Crippen LogP contribution in [-0.4, -0.2) is 47.3 Å². The van der Waals surface area contributed by atoms with Gasteiger partial charge in [-0.3, -0.25) is 19.0 Å². The molecule has 7 nitrogen and oxygen atoms in total. The first-order chi connectivity index (χ1) is 16.5. The van der Waals surface area contributed by atoms with Crippen LogP contribution in [0, 0.1) is 0 Å². The van der Waals surface area contributed by atoms with Crippen molar-refractivity contribution in [2.75, 3.05) is 36.8 Å². The van der Waals surface area contributed by atoms with Crippen molar-refractivity contribution in [2.45, 2.75) is 6.54 Å². The maximum Gasteiger partial charge on any atom is 0.276 e. The Labute approximate surface area is 200 Å². The number of para-hydroxylation sites is 1. The Morgan fingerprint density at radius 3 is 2.29 bits per heavy atom. The van der Waals surface area contributed by atoms with Crippen LogP contribution in [0.25, 0.3) is 10.9 Å². The molecule has 2 aromatic carbocycles. The van der Waals surface area contributed by atoms with E-state index in [1.54, 1.807) is 24.3 Å². The highest BCUT2D eigenvalue weighted by Crippen LogP contribution is 2.31. The molecular weight excluding hydrogens is 448 g/mol. The van der Waals surface area contributed by atoms with Gasteiger partial charge in [0.05, 0.1) is 22.6 Å². The molecule has 3 heterocycles. The molecule has 1 saturated heterocycles. The number of carbonyl (C=O) groups is 2. The van der Waals surface area contributed by atoms with E-state index in [1.807, 2.05) is 52.7 Å². The fraction of sp³-hybridized carbons (Fsp3) is 0.192. The number of amides is 1. The molecule has 1 fully saturated rings. The van der Waals surface area contributed by atoms with Gasteiger partial charge in [-0.25, -0.2) is 0 Å². The van der Waals surface area contributed by atoms with Crippen LogP contribution in [0.5, 0.6) is 0 Å². The molecule has 0 radical (unpaired) electrons. The zero-order valence-electron chi connectivity index (χ0n) is 18.5. The van der Waals surface area contributed by atoms with Crippen molar-refractivity contribution < 1.29 is 9.59 Å². The van der Waals surface area contributed by atoms with Crippen molar-refractivity contribution >= 4 is 45.3 Å². The van der Waals surface area contributed by atoms with Gasteiger partial charge in [-0.05, 0) is 17.5 Å². The number of ketones is 1. The van der Waals surface area contributed by atoms with Crippen LogP contribution in [0.4, 0.5) is 11.4 Å². The van der Waals surface area contributed by atoms with Crippen molar-refractivity contribution in [2.24, 2.45) is 0 Å². The molecule has 1 aliphatic rings. The third-order valence-corrected chi connectivity index (χ3v) is 7.05. The lowest BCUT2D eigenvalue weighted by Crippen LogP contribution is -2.49. The highest BCUT2D eigenvalue weighted by molar-refractivity contribution is 7.12. The number of carbonyl (C=O) groups excluding carboxylic acids is 2. The highest BCUT2D eigenvalue weighted by atomic mass is 32.1. The molecule has 1 aliphatic heterocycles. The maximum atomic E-state index is 13.3. The molecule has 2 N–H and O–H groups in total. The predicted octanol–water partition coefficient (Wildman–Crippen LogP) is 3.49. The molecule has 0 bridgehead atoms. The van der Waals surface area contributed by atoms with Gasteiger partial charge in [0.25, 0.3) is 11.5 Å². The van der Waals surface area contributed by atoms with Gasteiger partial charge in [-0.1, -0.05) is 54.6 Å². The fourth-order valence-corrected chi connectivity index (χ4v) is 5.15. The Bertz CT molecular complexity index is 1410. The van der Waals surface area contributed by atoms with E-state index in [0.29, 0.717) is 42.9 Å². The molecule has 34 heavy (non-hydrogen) atoms. The van der Waals surface area contributed by atoms with Crippen LogP contribution in [0.3, 0.4) is 0 Å². The Morgan fingerprint density at radius 2 is 1.59 bits per heavy atom. The number of benzene rings is 2. The summed E-state index contributed by atoms with van der Waals surface area (Å²) in [5.41, 5.74) is 8.03. The Hall–Kier alpha value is -3.91. The van der Waals surface area contributed by atoms with Gasteiger partial charge >= 0.3 is 0 Å². The molecule has 2 aromatic heterocycles. The van der Waals surface area contributed by atoms with E-state index < -0.39 is 0 Å². The highest BCUT2D eigenvalue weighted by Gasteiger charge is 2.27. The van der Waals surface area contributed by atoms with Crippen LogP contribution >= 0.6 is 11.3 Å². The number of Topliss-reactive ketones (excluding diaryl/α,β-unsaturated/α-hetero) is 1. The van der Waals surface area contributed by atoms with E-state index in [0.717, 1.165) is 10.3 Å². The second kappa shape index (κ2) is 9.15. The molecule has 4 aromatic rings. The number of pyridine rings is 1. The number of rotatable bonds is 5. The van der Waals surface area contributed by atoms with Crippen molar-refractivity contribution in [3.8, 4) is 0 Å². The average Bonchev–Trinajstić information content (AvgIpc) is 3.42. The van der Waals surface area contributed by atoms with Crippen LogP contribution in [0.15, 0.2) is 76.9 Å². The zero-order chi connectivity index (χ0) is 23.7. The van der Waals surface area contributed by atoms with E-state index in [2.05, 4.69) is 4.90 Å². The molecule has 0 atom stereocenters. The SMILES string of the molecule is Nc1c(N2CCN(C(=O)c3cccs3)CC2)c2ccccc2n(CC(=O)c2ccccc2)c1=O. The summed E-state index contributed by atoms with van der Waals surface area (Å²) in [6.07, 6.45) is 0. The van der Waals surface area contributed by atoms with E-state index >= 15 is 0 Å². The smallest absolute Gasteiger partial charge is 0.276 e. The Morgan fingerprint density at radius 1 is 0.882 bits per heavy atom. The van der Waals surface area contributed by atoms with E-state index in [9.17, 15) is 14.4 Å². The third kappa shape index (κ3) is 3.97. The molecule has 0 aliphatic carbocycles. The summed E-state index contributed by atoms with van der Waals surface area (Å²) in [6, 6.07) is 20.1. The molecule has 0 saturated carbocycles. The van der Waals surface area contributed by atoms with Gasteiger partial charge in [0.15, 0.2) is 5.78 Å². The van der Waals surface area contributed by atoms with E-state index in [-0.39, 0.29) is 29.5 Å². The number of anilines is 2. The van der Waals surface area contributed by atoms with Crippen molar-refractivity contribution in [1.82, 2.24) is 9.47 Å². The van der Waals surface area contributed by atoms with Gasteiger partial charge in [0, 0.05) is 37.1 Å². The topological polar surface area (TPSA) is 88.6 Å². The van der Waals surface area contributed by atoms with Crippen LogP contribution in [0.1, 0.15) is 20.0 Å². The van der Waals surface area contributed by atoms with Crippen LogP contribution in [-0.2, 0) is 6.54 Å². The molecule has 5 rings (SSSR count). The largest absolute Gasteiger partial charge is 0.393 e. The Kier molecular flexibility index (Phi) is 5.90. The lowest BCUT2D eigenvalue weighted by Gasteiger charge is -2.37. The molecular formula is C26H24N4O3S. The second-order valence-corrected chi connectivity index (χ2v) is 9.16. The average molecular weight is 473 g/mol. The Balaban J connectivity index is 1.46. The summed E-state index contributed by atoms with van der Waals surface area (Å²) >= 11 is 1.44. The number of hydrogen-bond donors (Lipinski definition) is 1. The lowest BCUT2D eigenvalue weighted by atomic mass is 10.1. The minimum Gasteiger partial charge on any atom is -0.393 e. The van der Waals surface area contributed by atoms with E-state index in [1.165, 1.54) is 15.9 Å². The number of fused-ring (bicyclic) bond motifs is 1. The van der Waals surface area contributed by atoms with Crippen molar-refractivity contribution in [1.29, 1.82) is 0 Å². The summed E-state index contributed by atoms with van der Waals surface area (Å²) in [5, 5.41) is 2.71. The van der Waals surface area contributed by atoms with Gasteiger partial charge in [0.1, 0.15) is 5.69 Å². The third-order valence-electron chi connectivity index (χ3n) is 6.19. The van der Waals surface area contributed by atoms with Gasteiger partial charge in [0.2, 0.25) is 0 Å². The van der Waals surface area contributed by atoms with Gasteiger partial charge in [-0.15, -0.1) is 11.3 Å². The van der Waals surface area contributed by atoms with Gasteiger partial charge < -0.3 is 15.5 Å². The van der Waals surface area contributed by atoms with E-state index in [4.69, 9.17) is 5.73 Å². The predicted molar refractivity (Wildman–Crippen MR) is 136 cm³/mol. The van der Waals surface area contributed by atoms with Gasteiger partial charge in [-0.2, -0.15) is 0 Å². The minimum atomic E-state index is -0.380. The first kappa shape index (κ1) is 21.9. The summed E-state index contributed by atoms with van der Waals surface area (Å²) < 4.78 is 1.46. The first-order valence-corrected chi connectivity index (χ1v) is 12.0. The molecule has 1 amide bonds. The molecule has 0 spiro atoms. The number of nitrogen functional groups attached to an aromatic ring is 1. The number of nitrogens with two attached hydrogens (primary N) is 1.